The Hall–Kier alpha value is -1.02. The van der Waals surface area contributed by atoms with E-state index in [9.17, 15) is 0 Å². The van der Waals surface area contributed by atoms with Gasteiger partial charge in [0.1, 0.15) is 0 Å². The number of benzene rings is 1. The highest BCUT2D eigenvalue weighted by molar-refractivity contribution is 5.50. The van der Waals surface area contributed by atoms with E-state index >= 15 is 0 Å². The molecular formula is C12H18N2. The van der Waals surface area contributed by atoms with Gasteiger partial charge in [-0.3, -0.25) is 0 Å². The molecule has 1 aliphatic carbocycles. The van der Waals surface area contributed by atoms with Crippen LogP contribution in [-0.4, -0.2) is 0 Å². The van der Waals surface area contributed by atoms with Crippen molar-refractivity contribution in [3.63, 3.8) is 0 Å². The van der Waals surface area contributed by atoms with E-state index in [1.54, 1.807) is 0 Å². The molecule has 1 aliphatic rings. The first-order chi connectivity index (χ1) is 6.68. The van der Waals surface area contributed by atoms with Crippen LogP contribution in [0.3, 0.4) is 0 Å². The van der Waals surface area contributed by atoms with Crippen molar-refractivity contribution in [1.82, 2.24) is 0 Å². The number of anilines is 1. The molecule has 1 aromatic rings. The first-order valence-electron chi connectivity index (χ1n) is 5.29. The normalized spacial score (nSPS) is 18.1. The van der Waals surface area contributed by atoms with Gasteiger partial charge in [0, 0.05) is 11.7 Å². The fraction of sp³-hybridized carbons (Fsp3) is 0.500. The molecule has 1 fully saturated rings. The van der Waals surface area contributed by atoms with E-state index in [-0.39, 0.29) is 6.04 Å². The molecule has 0 spiro atoms. The van der Waals surface area contributed by atoms with E-state index in [0.29, 0.717) is 0 Å². The van der Waals surface area contributed by atoms with Gasteiger partial charge in [-0.25, -0.2) is 0 Å². The van der Waals surface area contributed by atoms with Crippen molar-refractivity contribution >= 4 is 5.69 Å². The number of hydrogen-bond donors (Lipinski definition) is 2. The molecule has 0 aromatic heterocycles. The molecule has 1 saturated carbocycles. The highest BCUT2D eigenvalue weighted by atomic mass is 14.7. The second-order valence-corrected chi connectivity index (χ2v) is 4.35. The van der Waals surface area contributed by atoms with Crippen LogP contribution in [-0.2, 0) is 0 Å². The summed E-state index contributed by atoms with van der Waals surface area (Å²) in [6.45, 7) is 2.05. The maximum atomic E-state index is 6.15. The summed E-state index contributed by atoms with van der Waals surface area (Å²) in [5.74, 6) is 0.867. The molecule has 0 saturated heterocycles. The predicted molar refractivity (Wildman–Crippen MR) is 59.9 cm³/mol. The van der Waals surface area contributed by atoms with Gasteiger partial charge < -0.3 is 11.5 Å². The number of nitrogens with two attached hydrogens (primary N) is 2. The van der Waals surface area contributed by atoms with E-state index in [0.717, 1.165) is 23.6 Å². The van der Waals surface area contributed by atoms with Crippen LogP contribution in [0, 0.1) is 12.8 Å². The summed E-state index contributed by atoms with van der Waals surface area (Å²) in [5, 5.41) is 0. The summed E-state index contributed by atoms with van der Waals surface area (Å²) < 4.78 is 0. The second kappa shape index (κ2) is 3.62. The lowest BCUT2D eigenvalue weighted by Crippen LogP contribution is -2.13. The van der Waals surface area contributed by atoms with Crippen LogP contribution < -0.4 is 11.5 Å². The molecule has 2 heteroatoms. The fourth-order valence-corrected chi connectivity index (χ4v) is 1.91. The zero-order chi connectivity index (χ0) is 10.1. The quantitative estimate of drug-likeness (QED) is 0.719. The van der Waals surface area contributed by atoms with Crippen LogP contribution in [0.2, 0.25) is 0 Å². The summed E-state index contributed by atoms with van der Waals surface area (Å²) in [7, 11) is 0. The van der Waals surface area contributed by atoms with Crippen molar-refractivity contribution in [2.45, 2.75) is 32.2 Å². The van der Waals surface area contributed by atoms with Gasteiger partial charge in [-0.1, -0.05) is 25.0 Å². The largest absolute Gasteiger partial charge is 0.399 e. The fourth-order valence-electron chi connectivity index (χ4n) is 1.91. The molecule has 0 radical (unpaired) electrons. The Morgan fingerprint density at radius 2 is 2.14 bits per heavy atom. The second-order valence-electron chi connectivity index (χ2n) is 4.35. The first kappa shape index (κ1) is 9.53. The minimum Gasteiger partial charge on any atom is -0.399 e. The Morgan fingerprint density at radius 1 is 1.43 bits per heavy atom. The lowest BCUT2D eigenvalue weighted by molar-refractivity contribution is 0.595. The average molecular weight is 190 g/mol. The Labute approximate surface area is 85.3 Å². The van der Waals surface area contributed by atoms with Crippen LogP contribution in [0.25, 0.3) is 0 Å². The van der Waals surface area contributed by atoms with Gasteiger partial charge >= 0.3 is 0 Å². The smallest absolute Gasteiger partial charge is 0.0347 e. The number of nitrogen functional groups attached to an aromatic ring is 1. The van der Waals surface area contributed by atoms with Gasteiger partial charge in [-0.2, -0.15) is 0 Å². The minimum atomic E-state index is 0.172. The molecule has 1 aromatic carbocycles. The summed E-state index contributed by atoms with van der Waals surface area (Å²) >= 11 is 0. The van der Waals surface area contributed by atoms with Crippen LogP contribution >= 0.6 is 0 Å². The summed E-state index contributed by atoms with van der Waals surface area (Å²) in [5.41, 5.74) is 15.2. The van der Waals surface area contributed by atoms with Crippen molar-refractivity contribution in [1.29, 1.82) is 0 Å². The Bertz CT molecular complexity index is 329. The number of rotatable bonds is 3. The molecule has 1 atom stereocenters. The van der Waals surface area contributed by atoms with Gasteiger partial charge in [-0.05, 0) is 36.5 Å². The zero-order valence-electron chi connectivity index (χ0n) is 8.66. The third kappa shape index (κ3) is 1.90. The molecule has 0 aliphatic heterocycles. The molecule has 76 valence electrons. The van der Waals surface area contributed by atoms with Crippen molar-refractivity contribution in [2.24, 2.45) is 11.7 Å². The van der Waals surface area contributed by atoms with Crippen LogP contribution in [0.5, 0.6) is 0 Å². The highest BCUT2D eigenvalue weighted by Crippen LogP contribution is 2.37. The summed E-state index contributed by atoms with van der Waals surface area (Å²) in [6, 6.07) is 6.19. The Balaban J connectivity index is 2.16. The maximum absolute atomic E-state index is 6.15. The Kier molecular flexibility index (Phi) is 2.46. The Morgan fingerprint density at radius 3 is 2.79 bits per heavy atom. The van der Waals surface area contributed by atoms with Crippen molar-refractivity contribution in [2.75, 3.05) is 5.73 Å². The van der Waals surface area contributed by atoms with Gasteiger partial charge in [0.15, 0.2) is 0 Å². The van der Waals surface area contributed by atoms with Gasteiger partial charge in [0.25, 0.3) is 0 Å². The zero-order valence-corrected chi connectivity index (χ0v) is 8.66. The topological polar surface area (TPSA) is 52.0 Å². The third-order valence-corrected chi connectivity index (χ3v) is 3.10. The third-order valence-electron chi connectivity index (χ3n) is 3.10. The molecule has 0 amide bonds. The minimum absolute atomic E-state index is 0.172. The molecule has 2 rings (SSSR count). The van der Waals surface area contributed by atoms with Gasteiger partial charge in [0.2, 0.25) is 0 Å². The van der Waals surface area contributed by atoms with Gasteiger partial charge in [-0.15, -0.1) is 0 Å². The maximum Gasteiger partial charge on any atom is 0.0347 e. The molecule has 2 nitrogen and oxygen atoms in total. The standard InChI is InChI=1S/C12H18N2/c1-8-10(3-2-4-11(8)13)12(14)7-9-5-6-9/h2-4,9,12H,5-7,13-14H2,1H3. The van der Waals surface area contributed by atoms with Crippen molar-refractivity contribution in [3.05, 3.63) is 29.3 Å². The molecular weight excluding hydrogens is 172 g/mol. The first-order valence-corrected chi connectivity index (χ1v) is 5.29. The van der Waals surface area contributed by atoms with E-state index in [2.05, 4.69) is 13.0 Å². The molecule has 0 heterocycles. The van der Waals surface area contributed by atoms with Gasteiger partial charge in [0.05, 0.1) is 0 Å². The van der Waals surface area contributed by atoms with Crippen molar-refractivity contribution < 1.29 is 0 Å². The predicted octanol–water partition coefficient (Wildman–Crippen LogP) is 2.38. The van der Waals surface area contributed by atoms with E-state index in [1.165, 1.54) is 18.4 Å². The molecule has 0 bridgehead atoms. The lowest BCUT2D eigenvalue weighted by Gasteiger charge is -2.15. The number of hydrogen-bond acceptors (Lipinski definition) is 2. The summed E-state index contributed by atoms with van der Waals surface area (Å²) in [4.78, 5) is 0. The molecule has 14 heavy (non-hydrogen) atoms. The van der Waals surface area contributed by atoms with E-state index in [1.807, 2.05) is 12.1 Å². The summed E-state index contributed by atoms with van der Waals surface area (Å²) in [6.07, 6.45) is 3.83. The average Bonchev–Trinajstić information content (AvgIpc) is 2.93. The van der Waals surface area contributed by atoms with Crippen LogP contribution in [0.15, 0.2) is 18.2 Å². The monoisotopic (exact) mass is 190 g/mol. The van der Waals surface area contributed by atoms with Crippen LogP contribution in [0.1, 0.15) is 36.4 Å². The molecule has 1 unspecified atom stereocenters. The van der Waals surface area contributed by atoms with Crippen LogP contribution in [0.4, 0.5) is 5.69 Å². The SMILES string of the molecule is Cc1c(N)cccc1C(N)CC1CC1. The van der Waals surface area contributed by atoms with Crippen molar-refractivity contribution in [3.8, 4) is 0 Å². The molecule has 4 N–H and O–H groups in total. The van der Waals surface area contributed by atoms with E-state index < -0.39 is 0 Å². The lowest BCUT2D eigenvalue weighted by atomic mass is 9.97. The van der Waals surface area contributed by atoms with E-state index in [4.69, 9.17) is 11.5 Å². The highest BCUT2D eigenvalue weighted by Gasteiger charge is 2.25.